The summed E-state index contributed by atoms with van der Waals surface area (Å²) in [6, 6.07) is 8.96. The van der Waals surface area contributed by atoms with Crippen molar-refractivity contribution in [1.82, 2.24) is 0 Å². The second kappa shape index (κ2) is 8.79. The lowest BCUT2D eigenvalue weighted by Gasteiger charge is -2.15. The fourth-order valence-electron chi connectivity index (χ4n) is 2.75. The van der Waals surface area contributed by atoms with Crippen molar-refractivity contribution in [1.29, 1.82) is 0 Å². The van der Waals surface area contributed by atoms with Gasteiger partial charge in [-0.1, -0.05) is 18.2 Å². The standard InChI is InChI=1S/C19H19NO7/c1-26-16-10-12(6-5-9-20(24)25)15(11-17(16)27-2)18(21)13-7-3-4-8-14(13)19(22)23/h3-4,7-8,10-11H,5-6,9H2,1-2H3,(H,22,23). The van der Waals surface area contributed by atoms with E-state index in [1.54, 1.807) is 12.1 Å². The first-order valence-corrected chi connectivity index (χ1v) is 8.12. The molecule has 0 spiro atoms. The van der Waals surface area contributed by atoms with Crippen LogP contribution in [0.15, 0.2) is 36.4 Å². The van der Waals surface area contributed by atoms with Gasteiger partial charge in [0.15, 0.2) is 17.3 Å². The third-order valence-electron chi connectivity index (χ3n) is 4.04. The fourth-order valence-corrected chi connectivity index (χ4v) is 2.75. The molecule has 0 saturated heterocycles. The quantitative estimate of drug-likeness (QED) is 0.408. The Morgan fingerprint density at radius 3 is 2.19 bits per heavy atom. The van der Waals surface area contributed by atoms with Crippen LogP contribution in [-0.4, -0.2) is 42.5 Å². The van der Waals surface area contributed by atoms with Gasteiger partial charge in [-0.25, -0.2) is 4.79 Å². The summed E-state index contributed by atoms with van der Waals surface area (Å²) in [5, 5.41) is 19.9. The lowest BCUT2D eigenvalue weighted by Crippen LogP contribution is -2.13. The van der Waals surface area contributed by atoms with Crippen LogP contribution in [0.1, 0.15) is 38.3 Å². The molecule has 0 saturated carbocycles. The van der Waals surface area contributed by atoms with Crippen molar-refractivity contribution in [2.75, 3.05) is 20.8 Å². The Morgan fingerprint density at radius 2 is 1.63 bits per heavy atom. The van der Waals surface area contributed by atoms with Gasteiger partial charge >= 0.3 is 5.97 Å². The highest BCUT2D eigenvalue weighted by Crippen LogP contribution is 2.32. The summed E-state index contributed by atoms with van der Waals surface area (Å²) in [6.07, 6.45) is 0.487. The number of ether oxygens (including phenoxy) is 2. The molecular weight excluding hydrogens is 354 g/mol. The van der Waals surface area contributed by atoms with E-state index in [2.05, 4.69) is 0 Å². The zero-order valence-electron chi connectivity index (χ0n) is 14.9. The van der Waals surface area contributed by atoms with Crippen LogP contribution in [0.3, 0.4) is 0 Å². The smallest absolute Gasteiger partial charge is 0.336 e. The largest absolute Gasteiger partial charge is 0.493 e. The average Bonchev–Trinajstić information content (AvgIpc) is 2.66. The predicted molar refractivity (Wildman–Crippen MR) is 96.6 cm³/mol. The average molecular weight is 373 g/mol. The molecule has 142 valence electrons. The molecule has 0 atom stereocenters. The summed E-state index contributed by atoms with van der Waals surface area (Å²) in [4.78, 5) is 34.7. The maximum Gasteiger partial charge on any atom is 0.336 e. The van der Waals surface area contributed by atoms with Gasteiger partial charge < -0.3 is 14.6 Å². The fraction of sp³-hybridized carbons (Fsp3) is 0.263. The number of carboxylic acid groups (broad SMARTS) is 1. The molecule has 8 heteroatoms. The van der Waals surface area contributed by atoms with Crippen molar-refractivity contribution in [3.63, 3.8) is 0 Å². The summed E-state index contributed by atoms with van der Waals surface area (Å²) < 4.78 is 10.5. The Hall–Kier alpha value is -3.42. The van der Waals surface area contributed by atoms with Crippen LogP contribution >= 0.6 is 0 Å². The first kappa shape index (κ1) is 19.9. The highest BCUT2D eigenvalue weighted by Gasteiger charge is 2.22. The van der Waals surface area contributed by atoms with Crippen LogP contribution < -0.4 is 9.47 Å². The molecular formula is C19H19NO7. The van der Waals surface area contributed by atoms with Crippen molar-refractivity contribution in [2.24, 2.45) is 0 Å². The Bertz CT molecular complexity index is 876. The minimum absolute atomic E-state index is 0.0350. The van der Waals surface area contributed by atoms with Crippen molar-refractivity contribution in [3.05, 3.63) is 68.8 Å². The second-order valence-electron chi connectivity index (χ2n) is 5.70. The van der Waals surface area contributed by atoms with Gasteiger partial charge in [0.1, 0.15) is 0 Å². The van der Waals surface area contributed by atoms with Crippen LogP contribution in [0.4, 0.5) is 0 Å². The third-order valence-corrected chi connectivity index (χ3v) is 4.04. The molecule has 27 heavy (non-hydrogen) atoms. The lowest BCUT2D eigenvalue weighted by atomic mass is 9.92. The summed E-state index contributed by atoms with van der Waals surface area (Å²) in [7, 11) is 2.86. The third kappa shape index (κ3) is 4.60. The van der Waals surface area contributed by atoms with Crippen molar-refractivity contribution in [2.45, 2.75) is 12.8 Å². The Labute approximate surface area is 155 Å². The van der Waals surface area contributed by atoms with Crippen molar-refractivity contribution in [3.8, 4) is 11.5 Å². The van der Waals surface area contributed by atoms with Crippen LogP contribution in [0.2, 0.25) is 0 Å². The molecule has 0 radical (unpaired) electrons. The van der Waals surface area contributed by atoms with E-state index in [9.17, 15) is 24.8 Å². The van der Waals surface area contributed by atoms with E-state index in [4.69, 9.17) is 9.47 Å². The molecule has 0 aliphatic heterocycles. The zero-order chi connectivity index (χ0) is 20.0. The Morgan fingerprint density at radius 1 is 1.04 bits per heavy atom. The van der Waals surface area contributed by atoms with E-state index < -0.39 is 16.7 Å². The van der Waals surface area contributed by atoms with Gasteiger partial charge in [-0.05, 0) is 30.2 Å². The molecule has 8 nitrogen and oxygen atoms in total. The highest BCUT2D eigenvalue weighted by atomic mass is 16.6. The monoisotopic (exact) mass is 373 g/mol. The molecule has 0 amide bonds. The molecule has 0 aliphatic carbocycles. The number of carboxylic acids is 1. The number of benzene rings is 2. The molecule has 0 aliphatic rings. The van der Waals surface area contributed by atoms with Gasteiger partial charge in [0.05, 0.1) is 19.8 Å². The summed E-state index contributed by atoms with van der Waals surface area (Å²) in [5.74, 6) is -1.01. The van der Waals surface area contributed by atoms with E-state index in [0.29, 0.717) is 17.1 Å². The predicted octanol–water partition coefficient (Wildman–Crippen LogP) is 2.84. The lowest BCUT2D eigenvalue weighted by molar-refractivity contribution is -0.480. The van der Waals surface area contributed by atoms with Gasteiger partial charge in [-0.2, -0.15) is 0 Å². The molecule has 0 fully saturated rings. The van der Waals surface area contributed by atoms with Crippen LogP contribution in [0, 0.1) is 10.1 Å². The van der Waals surface area contributed by atoms with E-state index in [0.717, 1.165) is 0 Å². The maximum absolute atomic E-state index is 13.1. The number of rotatable bonds is 9. The Kier molecular flexibility index (Phi) is 6.48. The number of nitro groups is 1. The van der Waals surface area contributed by atoms with Crippen LogP contribution in [-0.2, 0) is 6.42 Å². The molecule has 2 aromatic rings. The topological polar surface area (TPSA) is 116 Å². The number of hydrogen-bond acceptors (Lipinski definition) is 6. The number of aryl methyl sites for hydroxylation is 1. The number of carbonyl (C=O) groups excluding carboxylic acids is 1. The maximum atomic E-state index is 13.1. The van der Waals surface area contributed by atoms with E-state index in [-0.39, 0.29) is 36.1 Å². The molecule has 2 rings (SSSR count). The van der Waals surface area contributed by atoms with Gasteiger partial charge in [-0.3, -0.25) is 14.9 Å². The van der Waals surface area contributed by atoms with Crippen molar-refractivity contribution < 1.29 is 29.1 Å². The summed E-state index contributed by atoms with van der Waals surface area (Å²) in [6.45, 7) is -0.242. The van der Waals surface area contributed by atoms with E-state index in [1.165, 1.54) is 38.5 Å². The molecule has 2 aromatic carbocycles. The van der Waals surface area contributed by atoms with E-state index >= 15 is 0 Å². The first-order chi connectivity index (χ1) is 12.9. The molecule has 0 heterocycles. The number of nitrogens with zero attached hydrogens (tertiary/aromatic N) is 1. The van der Waals surface area contributed by atoms with Crippen LogP contribution in [0.5, 0.6) is 11.5 Å². The molecule has 1 N–H and O–H groups in total. The summed E-state index contributed by atoms with van der Waals surface area (Å²) in [5.41, 5.74) is 0.672. The van der Waals surface area contributed by atoms with Gasteiger partial charge in [-0.15, -0.1) is 0 Å². The van der Waals surface area contributed by atoms with Crippen LogP contribution in [0.25, 0.3) is 0 Å². The SMILES string of the molecule is COc1cc(CCC[N+](=O)[O-])c(C(=O)c2ccccc2C(=O)O)cc1OC. The molecule has 0 unspecified atom stereocenters. The minimum Gasteiger partial charge on any atom is -0.493 e. The normalized spacial score (nSPS) is 10.3. The van der Waals surface area contributed by atoms with Gasteiger partial charge in [0.25, 0.3) is 0 Å². The number of hydrogen-bond donors (Lipinski definition) is 1. The Balaban J connectivity index is 2.54. The summed E-state index contributed by atoms with van der Waals surface area (Å²) >= 11 is 0. The minimum atomic E-state index is -1.21. The number of aromatic carboxylic acids is 1. The zero-order valence-corrected chi connectivity index (χ0v) is 14.9. The van der Waals surface area contributed by atoms with Gasteiger partial charge in [0, 0.05) is 22.5 Å². The van der Waals surface area contributed by atoms with Gasteiger partial charge in [0.2, 0.25) is 6.54 Å². The number of carbonyl (C=O) groups is 2. The molecule has 0 aromatic heterocycles. The number of ketones is 1. The first-order valence-electron chi connectivity index (χ1n) is 8.12. The second-order valence-corrected chi connectivity index (χ2v) is 5.70. The molecule has 0 bridgehead atoms. The van der Waals surface area contributed by atoms with E-state index in [1.807, 2.05) is 0 Å². The number of methoxy groups -OCH3 is 2. The highest BCUT2D eigenvalue weighted by molar-refractivity contribution is 6.15. The van der Waals surface area contributed by atoms with Crippen molar-refractivity contribution >= 4 is 11.8 Å².